The highest BCUT2D eigenvalue weighted by Crippen LogP contribution is 2.35. The standard InChI is InChI=1S/C13H8Br4N2O2/c14-8-4-10(16)13(11(17)5-8)18-6-7-1-2-9(15)12(3-7)19(20)21/h1-5,18H,6H2. The minimum Gasteiger partial charge on any atom is -0.379 e. The second-order valence-electron chi connectivity index (χ2n) is 4.14. The van der Waals surface area contributed by atoms with Crippen molar-refractivity contribution in [2.24, 2.45) is 0 Å². The first-order chi connectivity index (χ1) is 9.88. The molecule has 0 fully saturated rings. The van der Waals surface area contributed by atoms with Crippen LogP contribution >= 0.6 is 63.7 Å². The summed E-state index contributed by atoms with van der Waals surface area (Å²) in [6.45, 7) is 0.479. The van der Waals surface area contributed by atoms with Crippen molar-refractivity contribution in [3.63, 3.8) is 0 Å². The largest absolute Gasteiger partial charge is 0.379 e. The maximum absolute atomic E-state index is 10.9. The molecular formula is C13H8Br4N2O2. The number of hydrogen-bond donors (Lipinski definition) is 1. The van der Waals surface area contributed by atoms with Gasteiger partial charge in [-0.25, -0.2) is 0 Å². The summed E-state index contributed by atoms with van der Waals surface area (Å²) in [5.41, 5.74) is 1.78. The Hall–Kier alpha value is -0.440. The van der Waals surface area contributed by atoms with Gasteiger partial charge in [0.25, 0.3) is 5.69 Å². The van der Waals surface area contributed by atoms with Crippen LogP contribution in [0, 0.1) is 10.1 Å². The van der Waals surface area contributed by atoms with Gasteiger partial charge in [-0.1, -0.05) is 22.0 Å². The molecule has 0 aromatic heterocycles. The normalized spacial score (nSPS) is 10.5. The van der Waals surface area contributed by atoms with Crippen molar-refractivity contribution in [2.45, 2.75) is 6.54 Å². The van der Waals surface area contributed by atoms with E-state index in [0.29, 0.717) is 11.0 Å². The van der Waals surface area contributed by atoms with Crippen LogP contribution in [0.1, 0.15) is 5.56 Å². The molecule has 0 saturated carbocycles. The van der Waals surface area contributed by atoms with Crippen molar-refractivity contribution >= 4 is 75.1 Å². The maximum atomic E-state index is 10.9. The zero-order valence-electron chi connectivity index (χ0n) is 10.4. The molecule has 0 radical (unpaired) electrons. The number of anilines is 1. The van der Waals surface area contributed by atoms with Crippen LogP contribution in [0.25, 0.3) is 0 Å². The first kappa shape index (κ1) is 16.9. The fourth-order valence-corrected chi connectivity index (χ4v) is 4.64. The highest BCUT2D eigenvalue weighted by molar-refractivity contribution is 9.11. The van der Waals surface area contributed by atoms with E-state index >= 15 is 0 Å². The summed E-state index contributed by atoms with van der Waals surface area (Å²) in [6, 6.07) is 8.93. The lowest BCUT2D eigenvalue weighted by molar-refractivity contribution is -0.385. The molecular weight excluding hydrogens is 536 g/mol. The zero-order valence-corrected chi connectivity index (χ0v) is 16.7. The fourth-order valence-electron chi connectivity index (χ4n) is 1.71. The highest BCUT2D eigenvalue weighted by atomic mass is 79.9. The Bertz CT molecular complexity index is 684. The van der Waals surface area contributed by atoms with Gasteiger partial charge in [-0.2, -0.15) is 0 Å². The monoisotopic (exact) mass is 540 g/mol. The predicted octanol–water partition coefficient (Wildman–Crippen LogP) is 6.26. The molecule has 0 aliphatic carbocycles. The van der Waals surface area contributed by atoms with Crippen LogP contribution in [0.3, 0.4) is 0 Å². The lowest BCUT2D eigenvalue weighted by Crippen LogP contribution is -2.02. The van der Waals surface area contributed by atoms with Crippen LogP contribution in [-0.2, 0) is 6.54 Å². The number of halogens is 4. The molecule has 0 heterocycles. The molecule has 0 unspecified atom stereocenters. The van der Waals surface area contributed by atoms with E-state index in [0.717, 1.165) is 24.7 Å². The van der Waals surface area contributed by atoms with Gasteiger partial charge in [-0.05, 0) is 71.6 Å². The molecule has 8 heteroatoms. The third-order valence-corrected chi connectivity index (χ3v) is 5.06. The van der Waals surface area contributed by atoms with Gasteiger partial charge >= 0.3 is 0 Å². The van der Waals surface area contributed by atoms with Crippen molar-refractivity contribution in [3.8, 4) is 0 Å². The minimum absolute atomic E-state index is 0.0586. The number of hydrogen-bond acceptors (Lipinski definition) is 3. The topological polar surface area (TPSA) is 55.2 Å². The Morgan fingerprint density at radius 1 is 1.00 bits per heavy atom. The summed E-state index contributed by atoms with van der Waals surface area (Å²) < 4.78 is 3.22. The summed E-state index contributed by atoms with van der Waals surface area (Å²) >= 11 is 13.5. The molecule has 21 heavy (non-hydrogen) atoms. The predicted molar refractivity (Wildman–Crippen MR) is 97.7 cm³/mol. The second-order valence-corrected chi connectivity index (χ2v) is 7.62. The fraction of sp³-hybridized carbons (Fsp3) is 0.0769. The average molecular weight is 544 g/mol. The number of rotatable bonds is 4. The van der Waals surface area contributed by atoms with E-state index in [-0.39, 0.29) is 5.69 Å². The molecule has 0 atom stereocenters. The smallest absolute Gasteiger partial charge is 0.283 e. The molecule has 2 rings (SSSR count). The van der Waals surface area contributed by atoms with Gasteiger partial charge in [0.15, 0.2) is 0 Å². The molecule has 0 saturated heterocycles. The Balaban J connectivity index is 2.21. The molecule has 1 N–H and O–H groups in total. The number of nitro groups is 1. The molecule has 0 amide bonds. The summed E-state index contributed by atoms with van der Waals surface area (Å²) in [6.07, 6.45) is 0. The van der Waals surface area contributed by atoms with Crippen LogP contribution in [0.2, 0.25) is 0 Å². The van der Waals surface area contributed by atoms with E-state index in [4.69, 9.17) is 0 Å². The van der Waals surface area contributed by atoms with E-state index in [2.05, 4.69) is 69.0 Å². The van der Waals surface area contributed by atoms with Gasteiger partial charge in [0.05, 0.1) is 15.1 Å². The number of nitrogens with zero attached hydrogens (tertiary/aromatic N) is 1. The molecule has 110 valence electrons. The van der Waals surface area contributed by atoms with Crippen molar-refractivity contribution in [1.29, 1.82) is 0 Å². The lowest BCUT2D eigenvalue weighted by Gasteiger charge is -2.11. The molecule has 2 aromatic rings. The third kappa shape index (κ3) is 4.28. The quantitative estimate of drug-likeness (QED) is 0.366. The summed E-state index contributed by atoms with van der Waals surface area (Å²) in [5.74, 6) is 0. The molecule has 0 aliphatic rings. The first-order valence-corrected chi connectivity index (χ1v) is 8.87. The maximum Gasteiger partial charge on any atom is 0.283 e. The van der Waals surface area contributed by atoms with Crippen LogP contribution in [0.5, 0.6) is 0 Å². The highest BCUT2D eigenvalue weighted by Gasteiger charge is 2.13. The van der Waals surface area contributed by atoms with Crippen LogP contribution in [0.4, 0.5) is 11.4 Å². The van der Waals surface area contributed by atoms with Crippen LogP contribution in [0.15, 0.2) is 48.2 Å². The Morgan fingerprint density at radius 2 is 1.62 bits per heavy atom. The molecule has 0 aliphatic heterocycles. The Kier molecular flexibility index (Phi) is 5.81. The van der Waals surface area contributed by atoms with E-state index in [1.54, 1.807) is 12.1 Å². The van der Waals surface area contributed by atoms with E-state index in [1.807, 2.05) is 18.2 Å². The second kappa shape index (κ2) is 7.21. The van der Waals surface area contributed by atoms with Crippen molar-refractivity contribution in [2.75, 3.05) is 5.32 Å². The Labute approximate surface area is 155 Å². The van der Waals surface area contributed by atoms with Gasteiger partial charge in [0, 0.05) is 26.0 Å². The third-order valence-electron chi connectivity index (χ3n) is 2.68. The lowest BCUT2D eigenvalue weighted by atomic mass is 10.2. The average Bonchev–Trinajstić information content (AvgIpc) is 2.38. The first-order valence-electron chi connectivity index (χ1n) is 5.69. The van der Waals surface area contributed by atoms with Gasteiger partial charge in [-0.3, -0.25) is 10.1 Å². The summed E-state index contributed by atoms with van der Waals surface area (Å²) in [7, 11) is 0. The van der Waals surface area contributed by atoms with Gasteiger partial charge in [-0.15, -0.1) is 0 Å². The van der Waals surface area contributed by atoms with E-state index < -0.39 is 4.92 Å². The Morgan fingerprint density at radius 3 is 2.19 bits per heavy atom. The zero-order chi connectivity index (χ0) is 15.6. The van der Waals surface area contributed by atoms with Crippen molar-refractivity contribution in [1.82, 2.24) is 0 Å². The van der Waals surface area contributed by atoms with Crippen molar-refractivity contribution < 1.29 is 4.92 Å². The number of benzene rings is 2. The van der Waals surface area contributed by atoms with Gasteiger partial charge < -0.3 is 5.32 Å². The molecule has 0 bridgehead atoms. The molecule has 0 spiro atoms. The van der Waals surface area contributed by atoms with E-state index in [1.165, 1.54) is 0 Å². The summed E-state index contributed by atoms with van der Waals surface area (Å²) in [5, 5.41) is 14.2. The number of nitrogens with one attached hydrogen (secondary N) is 1. The minimum atomic E-state index is -0.404. The molecule has 2 aromatic carbocycles. The van der Waals surface area contributed by atoms with Crippen LogP contribution < -0.4 is 5.32 Å². The SMILES string of the molecule is O=[N+]([O-])c1cc(CNc2c(Br)cc(Br)cc2Br)ccc1Br. The van der Waals surface area contributed by atoms with Gasteiger partial charge in [0.2, 0.25) is 0 Å². The van der Waals surface area contributed by atoms with Crippen LogP contribution in [-0.4, -0.2) is 4.92 Å². The summed E-state index contributed by atoms with van der Waals surface area (Å²) in [4.78, 5) is 10.5. The van der Waals surface area contributed by atoms with Gasteiger partial charge in [0.1, 0.15) is 0 Å². The number of nitro benzene ring substituents is 1. The molecule has 4 nitrogen and oxygen atoms in total. The van der Waals surface area contributed by atoms with Crippen molar-refractivity contribution in [3.05, 3.63) is 63.9 Å². The van der Waals surface area contributed by atoms with E-state index in [9.17, 15) is 10.1 Å².